The minimum Gasteiger partial charge on any atom is -0.281 e. The van der Waals surface area contributed by atoms with E-state index in [1.807, 2.05) is 0 Å². The van der Waals surface area contributed by atoms with Gasteiger partial charge in [0.25, 0.3) is 0 Å². The van der Waals surface area contributed by atoms with E-state index in [0.29, 0.717) is 0 Å². The molecule has 14 nitrogen and oxygen atoms in total. The van der Waals surface area contributed by atoms with Crippen molar-refractivity contribution in [2.24, 2.45) is 0 Å². The quantitative estimate of drug-likeness (QED) is 0.166. The van der Waals surface area contributed by atoms with Crippen LogP contribution in [0.2, 0.25) is 0 Å². The molecule has 0 aliphatic heterocycles. The molecule has 0 aliphatic carbocycles. The topological polar surface area (TPSA) is 200 Å². The number of nitriles is 1. The summed E-state index contributed by atoms with van der Waals surface area (Å²) < 4.78 is 0. The zero-order valence-corrected chi connectivity index (χ0v) is 9.02. The Labute approximate surface area is 103 Å². The Morgan fingerprint density at radius 3 is 1.26 bits per heavy atom. The van der Waals surface area contributed by atoms with E-state index in [1.165, 1.54) is 6.19 Å². The molecule has 0 aromatic heterocycles. The third-order valence-electron chi connectivity index (χ3n) is 1.88. The summed E-state index contributed by atoms with van der Waals surface area (Å²) in [6.45, 7) is -2.20. The van der Waals surface area contributed by atoms with Crippen molar-refractivity contribution in [3.63, 3.8) is 0 Å². The van der Waals surface area contributed by atoms with Gasteiger partial charge in [-0.05, 0) is 0 Å². The third-order valence-corrected chi connectivity index (χ3v) is 1.88. The maximum absolute atomic E-state index is 10.3. The Morgan fingerprint density at radius 2 is 1.11 bits per heavy atom. The number of hydrogen-bond donors (Lipinski definition) is 0. The minimum atomic E-state index is -2.40. The van der Waals surface area contributed by atoms with E-state index in [4.69, 9.17) is 5.26 Å². The molecule has 0 saturated heterocycles. The van der Waals surface area contributed by atoms with Crippen molar-refractivity contribution in [1.29, 1.82) is 5.26 Å². The Bertz CT molecular complexity index is 381. The molecule has 0 aromatic rings. The number of rotatable bonds is 8. The summed E-state index contributed by atoms with van der Waals surface area (Å²) in [5.74, 6) is 0. The van der Waals surface area contributed by atoms with Gasteiger partial charge in [0.2, 0.25) is 0 Å². The predicted molar refractivity (Wildman–Crippen MR) is 52.7 cm³/mol. The molecule has 0 aromatic carbocycles. The van der Waals surface area contributed by atoms with Gasteiger partial charge >= 0.3 is 12.3 Å². The fourth-order valence-electron chi connectivity index (χ4n) is 0.971. The first-order valence-corrected chi connectivity index (χ1v) is 4.39. The average molecular weight is 278 g/mol. The highest BCUT2D eigenvalue weighted by molar-refractivity contribution is 4.75. The first kappa shape index (κ1) is 15.9. The van der Waals surface area contributed by atoms with Crippen LogP contribution in [-0.4, -0.2) is 50.0 Å². The summed E-state index contributed by atoms with van der Waals surface area (Å²) in [7, 11) is 0. The van der Waals surface area contributed by atoms with Crippen molar-refractivity contribution in [2.75, 3.05) is 13.1 Å². The first-order valence-electron chi connectivity index (χ1n) is 4.39. The van der Waals surface area contributed by atoms with Gasteiger partial charge in [0.15, 0.2) is 19.3 Å². The SMILES string of the molecule is N#CN(CC([N+](=O)[O-])[N+](=O)[O-])CC([N+](=O)[O-])[N+](=O)[O-]. The minimum absolute atomic E-state index is 0.229. The highest BCUT2D eigenvalue weighted by atomic mass is 16.7. The molecule has 0 spiro atoms. The van der Waals surface area contributed by atoms with Gasteiger partial charge in [-0.1, -0.05) is 0 Å². The maximum atomic E-state index is 10.3. The second-order valence-corrected chi connectivity index (χ2v) is 3.11. The van der Waals surface area contributed by atoms with Crippen molar-refractivity contribution >= 4 is 0 Å². The Kier molecular flexibility index (Phi) is 5.51. The molecule has 0 heterocycles. The van der Waals surface area contributed by atoms with Crippen LogP contribution in [0.5, 0.6) is 0 Å². The van der Waals surface area contributed by atoms with Crippen molar-refractivity contribution in [1.82, 2.24) is 4.90 Å². The van der Waals surface area contributed by atoms with Gasteiger partial charge in [0, 0.05) is 0 Å². The lowest BCUT2D eigenvalue weighted by atomic mass is 10.4. The molecule has 0 bridgehead atoms. The first-order chi connectivity index (χ1) is 8.70. The monoisotopic (exact) mass is 278 g/mol. The van der Waals surface area contributed by atoms with E-state index in [2.05, 4.69) is 0 Å². The van der Waals surface area contributed by atoms with E-state index >= 15 is 0 Å². The fourth-order valence-corrected chi connectivity index (χ4v) is 0.971. The van der Waals surface area contributed by atoms with Crippen LogP contribution in [0.25, 0.3) is 0 Å². The fraction of sp³-hybridized carbons (Fsp3) is 0.800. The maximum Gasteiger partial charge on any atom is 0.468 e. The van der Waals surface area contributed by atoms with Crippen LogP contribution in [0.3, 0.4) is 0 Å². The van der Waals surface area contributed by atoms with Crippen molar-refractivity contribution < 1.29 is 19.7 Å². The summed E-state index contributed by atoms with van der Waals surface area (Å²) in [6.07, 6.45) is -3.61. The van der Waals surface area contributed by atoms with Crippen LogP contribution in [0.4, 0.5) is 0 Å². The second kappa shape index (κ2) is 6.58. The Morgan fingerprint density at radius 1 is 0.842 bits per heavy atom. The Balaban J connectivity index is 4.90. The zero-order chi connectivity index (χ0) is 15.2. The van der Waals surface area contributed by atoms with E-state index in [9.17, 15) is 40.5 Å². The molecule has 0 fully saturated rings. The molecule has 0 unspecified atom stereocenters. The molecule has 0 amide bonds. The number of nitrogens with zero attached hydrogens (tertiary/aromatic N) is 6. The lowest BCUT2D eigenvalue weighted by Gasteiger charge is -2.13. The molecule has 0 rings (SSSR count). The predicted octanol–water partition coefficient (Wildman–Crippen LogP) is -1.47. The molecule has 104 valence electrons. The van der Waals surface area contributed by atoms with Gasteiger partial charge in [-0.2, -0.15) is 5.26 Å². The summed E-state index contributed by atoms with van der Waals surface area (Å²) in [5, 5.41) is 49.8. The molecular weight excluding hydrogens is 272 g/mol. The standard InChI is InChI=1S/C5H6N6O8/c6-3-7(1-4(8(12)13)9(14)15)2-5(10(16)17)11(18)19/h4-5H,1-2H2. The van der Waals surface area contributed by atoms with Gasteiger partial charge in [-0.15, -0.1) is 0 Å². The van der Waals surface area contributed by atoms with Crippen molar-refractivity contribution in [2.45, 2.75) is 12.3 Å². The highest BCUT2D eigenvalue weighted by Gasteiger charge is 2.40. The number of nitro groups is 4. The van der Waals surface area contributed by atoms with E-state index in [0.717, 1.165) is 0 Å². The van der Waals surface area contributed by atoms with Crippen LogP contribution in [0.1, 0.15) is 0 Å². The van der Waals surface area contributed by atoms with Gasteiger partial charge in [-0.25, -0.2) is 0 Å². The summed E-state index contributed by atoms with van der Waals surface area (Å²) >= 11 is 0. The van der Waals surface area contributed by atoms with Crippen LogP contribution in [-0.2, 0) is 0 Å². The Hall–Kier alpha value is -3.11. The molecule has 19 heavy (non-hydrogen) atoms. The summed E-state index contributed by atoms with van der Waals surface area (Å²) in [5.41, 5.74) is 0. The van der Waals surface area contributed by atoms with Gasteiger partial charge in [0.1, 0.15) is 0 Å². The van der Waals surface area contributed by atoms with E-state index < -0.39 is 45.1 Å². The molecule has 0 aliphatic rings. The van der Waals surface area contributed by atoms with Crippen LogP contribution in [0, 0.1) is 51.9 Å². The average Bonchev–Trinajstić information content (AvgIpc) is 2.27. The molecule has 0 atom stereocenters. The zero-order valence-electron chi connectivity index (χ0n) is 9.02. The van der Waals surface area contributed by atoms with Gasteiger partial charge in [-0.3, -0.25) is 45.4 Å². The smallest absolute Gasteiger partial charge is 0.281 e. The molecule has 14 heteroatoms. The second-order valence-electron chi connectivity index (χ2n) is 3.11. The summed E-state index contributed by atoms with van der Waals surface area (Å²) in [6, 6.07) is 0. The van der Waals surface area contributed by atoms with Crippen LogP contribution < -0.4 is 0 Å². The normalized spacial score (nSPS) is 9.95. The lowest BCUT2D eigenvalue weighted by molar-refractivity contribution is -0.747. The number of hydrogen-bond acceptors (Lipinski definition) is 10. The van der Waals surface area contributed by atoms with Gasteiger partial charge < -0.3 is 0 Å². The molecule has 0 N–H and O–H groups in total. The largest absolute Gasteiger partial charge is 0.468 e. The third kappa shape index (κ3) is 4.72. The summed E-state index contributed by atoms with van der Waals surface area (Å²) in [4.78, 5) is 36.2. The van der Waals surface area contributed by atoms with Crippen LogP contribution in [0.15, 0.2) is 0 Å². The molecule has 0 saturated carbocycles. The lowest BCUT2D eigenvalue weighted by Crippen LogP contribution is -2.45. The van der Waals surface area contributed by atoms with Crippen molar-refractivity contribution in [3.05, 3.63) is 40.5 Å². The molecule has 0 radical (unpaired) electrons. The highest BCUT2D eigenvalue weighted by Crippen LogP contribution is 2.01. The van der Waals surface area contributed by atoms with E-state index in [-0.39, 0.29) is 4.90 Å². The van der Waals surface area contributed by atoms with Crippen LogP contribution >= 0.6 is 0 Å². The van der Waals surface area contributed by atoms with Crippen molar-refractivity contribution in [3.8, 4) is 6.19 Å². The molecular formula is C5H6N6O8. The van der Waals surface area contributed by atoms with Gasteiger partial charge in [0.05, 0.1) is 19.7 Å². The van der Waals surface area contributed by atoms with E-state index in [1.54, 1.807) is 0 Å².